The highest BCUT2D eigenvalue weighted by Gasteiger charge is 2.13. The molecule has 1 saturated heterocycles. The third-order valence-corrected chi connectivity index (χ3v) is 2.91. The maximum Gasteiger partial charge on any atom is 0.0947 e. The predicted octanol–water partition coefficient (Wildman–Crippen LogP) is 1.95. The molecule has 2 heterocycles. The van der Waals surface area contributed by atoms with E-state index in [1.54, 1.807) is 12.5 Å². The van der Waals surface area contributed by atoms with Crippen LogP contribution in [0.15, 0.2) is 23.0 Å². The Bertz CT molecular complexity index is 281. The Morgan fingerprint density at radius 3 is 3.18 bits per heavy atom. The van der Waals surface area contributed by atoms with Gasteiger partial charge in [-0.25, -0.2) is 0 Å². The van der Waals surface area contributed by atoms with Crippen LogP contribution in [0.1, 0.15) is 24.8 Å². The van der Waals surface area contributed by atoms with Crippen LogP contribution < -0.4 is 5.32 Å². The van der Waals surface area contributed by atoms with Gasteiger partial charge < -0.3 is 19.2 Å². The first-order valence-electron chi connectivity index (χ1n) is 6.36. The van der Waals surface area contributed by atoms with Gasteiger partial charge in [0.1, 0.15) is 0 Å². The van der Waals surface area contributed by atoms with Crippen LogP contribution in [0.3, 0.4) is 0 Å². The lowest BCUT2D eigenvalue weighted by Gasteiger charge is -2.22. The van der Waals surface area contributed by atoms with Gasteiger partial charge in [0.15, 0.2) is 0 Å². The Kier molecular flexibility index (Phi) is 5.55. The van der Waals surface area contributed by atoms with Gasteiger partial charge in [-0.3, -0.25) is 0 Å². The van der Waals surface area contributed by atoms with Crippen molar-refractivity contribution in [2.45, 2.75) is 31.9 Å². The average molecular weight is 239 g/mol. The fraction of sp³-hybridized carbons (Fsp3) is 0.692. The van der Waals surface area contributed by atoms with E-state index in [0.717, 1.165) is 39.3 Å². The van der Waals surface area contributed by atoms with Gasteiger partial charge in [-0.05, 0) is 25.3 Å². The third kappa shape index (κ3) is 4.89. The largest absolute Gasteiger partial charge is 0.472 e. The van der Waals surface area contributed by atoms with E-state index < -0.39 is 0 Å². The van der Waals surface area contributed by atoms with Gasteiger partial charge >= 0.3 is 0 Å². The molecule has 0 saturated carbocycles. The Balaban J connectivity index is 1.43. The standard InChI is InChI=1S/C13H21NO3/c1-2-6-17-13(3-1)11-16-8-5-14-9-12-4-7-15-10-12/h4,7,10,13-14H,1-3,5-6,8-9,11H2. The van der Waals surface area contributed by atoms with Crippen molar-refractivity contribution < 1.29 is 13.9 Å². The number of furan rings is 1. The molecule has 4 nitrogen and oxygen atoms in total. The normalized spacial score (nSPS) is 20.6. The maximum atomic E-state index is 5.59. The molecule has 0 spiro atoms. The summed E-state index contributed by atoms with van der Waals surface area (Å²) >= 11 is 0. The lowest BCUT2D eigenvalue weighted by atomic mass is 10.1. The van der Waals surface area contributed by atoms with E-state index in [4.69, 9.17) is 13.9 Å². The molecule has 17 heavy (non-hydrogen) atoms. The van der Waals surface area contributed by atoms with Crippen molar-refractivity contribution in [3.05, 3.63) is 24.2 Å². The first kappa shape index (κ1) is 12.6. The predicted molar refractivity (Wildman–Crippen MR) is 64.8 cm³/mol. The highest BCUT2D eigenvalue weighted by molar-refractivity contribution is 5.04. The van der Waals surface area contributed by atoms with Gasteiger partial charge in [0.05, 0.1) is 31.8 Å². The molecular formula is C13H21NO3. The summed E-state index contributed by atoms with van der Waals surface area (Å²) in [6.45, 7) is 4.05. The van der Waals surface area contributed by atoms with Crippen molar-refractivity contribution in [3.8, 4) is 0 Å². The van der Waals surface area contributed by atoms with E-state index in [0.29, 0.717) is 6.10 Å². The molecule has 96 valence electrons. The van der Waals surface area contributed by atoms with Crippen LogP contribution in [0.4, 0.5) is 0 Å². The fourth-order valence-corrected chi connectivity index (χ4v) is 1.92. The van der Waals surface area contributed by atoms with E-state index in [1.165, 1.54) is 18.4 Å². The number of hydrogen-bond acceptors (Lipinski definition) is 4. The van der Waals surface area contributed by atoms with Gasteiger partial charge in [-0.1, -0.05) is 0 Å². The summed E-state index contributed by atoms with van der Waals surface area (Å²) in [6, 6.07) is 1.96. The zero-order valence-corrected chi connectivity index (χ0v) is 10.2. The van der Waals surface area contributed by atoms with Crippen LogP contribution in [0.5, 0.6) is 0 Å². The average Bonchev–Trinajstić information content (AvgIpc) is 2.88. The molecule has 1 aliphatic rings. The zero-order valence-electron chi connectivity index (χ0n) is 10.2. The Labute approximate surface area is 102 Å². The molecular weight excluding hydrogens is 218 g/mol. The minimum absolute atomic E-state index is 0.317. The minimum atomic E-state index is 0.317. The first-order chi connectivity index (χ1) is 8.45. The Morgan fingerprint density at radius 2 is 2.41 bits per heavy atom. The monoisotopic (exact) mass is 239 g/mol. The molecule has 1 unspecified atom stereocenters. The smallest absolute Gasteiger partial charge is 0.0947 e. The van der Waals surface area contributed by atoms with Crippen LogP contribution in [0.25, 0.3) is 0 Å². The molecule has 0 bridgehead atoms. The lowest BCUT2D eigenvalue weighted by molar-refractivity contribution is -0.0399. The molecule has 0 amide bonds. The van der Waals surface area contributed by atoms with Crippen molar-refractivity contribution in [2.24, 2.45) is 0 Å². The van der Waals surface area contributed by atoms with E-state index in [-0.39, 0.29) is 0 Å². The van der Waals surface area contributed by atoms with E-state index >= 15 is 0 Å². The molecule has 1 N–H and O–H groups in total. The molecule has 1 aromatic rings. The van der Waals surface area contributed by atoms with Crippen LogP contribution in [0, 0.1) is 0 Å². The number of rotatable bonds is 7. The summed E-state index contributed by atoms with van der Waals surface area (Å²) < 4.78 is 16.2. The van der Waals surface area contributed by atoms with Gasteiger partial charge in [-0.15, -0.1) is 0 Å². The topological polar surface area (TPSA) is 43.6 Å². The van der Waals surface area contributed by atoms with Crippen molar-refractivity contribution in [3.63, 3.8) is 0 Å². The molecule has 1 atom stereocenters. The van der Waals surface area contributed by atoms with Crippen molar-refractivity contribution in [1.82, 2.24) is 5.32 Å². The van der Waals surface area contributed by atoms with Gasteiger partial charge in [-0.2, -0.15) is 0 Å². The van der Waals surface area contributed by atoms with Gasteiger partial charge in [0.2, 0.25) is 0 Å². The SMILES string of the molecule is c1cc(CNCCOCC2CCCCO2)co1. The van der Waals surface area contributed by atoms with Crippen LogP contribution in [-0.2, 0) is 16.0 Å². The van der Waals surface area contributed by atoms with E-state index in [9.17, 15) is 0 Å². The summed E-state index contributed by atoms with van der Waals surface area (Å²) in [6.07, 6.45) is 7.37. The lowest BCUT2D eigenvalue weighted by Crippen LogP contribution is -2.26. The van der Waals surface area contributed by atoms with Crippen LogP contribution >= 0.6 is 0 Å². The van der Waals surface area contributed by atoms with Crippen molar-refractivity contribution in [2.75, 3.05) is 26.4 Å². The minimum Gasteiger partial charge on any atom is -0.472 e. The second-order valence-electron chi connectivity index (χ2n) is 4.37. The summed E-state index contributed by atoms with van der Waals surface area (Å²) in [5, 5.41) is 3.30. The molecule has 1 fully saturated rings. The highest BCUT2D eigenvalue weighted by Crippen LogP contribution is 2.12. The first-order valence-corrected chi connectivity index (χ1v) is 6.36. The van der Waals surface area contributed by atoms with Crippen molar-refractivity contribution in [1.29, 1.82) is 0 Å². The Morgan fingerprint density at radius 1 is 1.41 bits per heavy atom. The molecule has 4 heteroatoms. The number of nitrogens with one attached hydrogen (secondary N) is 1. The molecule has 0 aromatic carbocycles. The molecule has 1 aliphatic heterocycles. The van der Waals surface area contributed by atoms with E-state index in [1.807, 2.05) is 6.07 Å². The number of hydrogen-bond donors (Lipinski definition) is 1. The van der Waals surface area contributed by atoms with Crippen LogP contribution in [0.2, 0.25) is 0 Å². The fourth-order valence-electron chi connectivity index (χ4n) is 1.92. The summed E-state index contributed by atoms with van der Waals surface area (Å²) in [7, 11) is 0. The van der Waals surface area contributed by atoms with Crippen LogP contribution in [-0.4, -0.2) is 32.5 Å². The molecule has 0 radical (unpaired) electrons. The molecule has 2 rings (SSSR count). The molecule has 1 aromatic heterocycles. The maximum absolute atomic E-state index is 5.59. The third-order valence-electron chi connectivity index (χ3n) is 2.91. The zero-order chi connectivity index (χ0) is 11.8. The Hall–Kier alpha value is -0.840. The highest BCUT2D eigenvalue weighted by atomic mass is 16.5. The quantitative estimate of drug-likeness (QED) is 0.739. The van der Waals surface area contributed by atoms with Gasteiger partial charge in [0, 0.05) is 25.3 Å². The molecule has 0 aliphatic carbocycles. The van der Waals surface area contributed by atoms with E-state index in [2.05, 4.69) is 5.32 Å². The summed E-state index contributed by atoms with van der Waals surface area (Å²) in [5.41, 5.74) is 1.17. The summed E-state index contributed by atoms with van der Waals surface area (Å²) in [5.74, 6) is 0. The van der Waals surface area contributed by atoms with Gasteiger partial charge in [0.25, 0.3) is 0 Å². The van der Waals surface area contributed by atoms with Crippen molar-refractivity contribution >= 4 is 0 Å². The second-order valence-corrected chi connectivity index (χ2v) is 4.37. The summed E-state index contributed by atoms with van der Waals surface area (Å²) in [4.78, 5) is 0. The number of ether oxygens (including phenoxy) is 2. The second kappa shape index (κ2) is 7.48.